The molecule has 6 aromatic carbocycles. The maximum atomic E-state index is 5.62. The Morgan fingerprint density at radius 3 is 2.05 bits per heavy atom. The number of benzene rings is 6. The van der Waals surface area contributed by atoms with Gasteiger partial charge >= 0.3 is 0 Å². The molecule has 0 N–H and O–H groups in total. The maximum absolute atomic E-state index is 5.62. The Balaban J connectivity index is 1.41. The highest BCUT2D eigenvalue weighted by Crippen LogP contribution is 2.48. The molecular weight excluding hydrogens is 534 g/mol. The first-order valence-corrected chi connectivity index (χ1v) is 15.2. The summed E-state index contributed by atoms with van der Waals surface area (Å²) < 4.78 is 2.34. The van der Waals surface area contributed by atoms with Crippen molar-refractivity contribution in [2.45, 2.75) is 19.3 Å². The molecule has 0 atom stereocenters. The predicted molar refractivity (Wildman–Crippen MR) is 182 cm³/mol. The molecule has 0 bridgehead atoms. The van der Waals surface area contributed by atoms with Crippen LogP contribution in [0, 0.1) is 0 Å². The standard InChI is InChI=1S/C41H29N3/c1-41(2)34-21-10-8-20-32(34)38-39(41)43-40(37(42-38)30-18-12-17-27(23-30)26-13-4-3-5-14-26)44-35-22-11-9-19-31(35)33-24-28-15-6-7-16-29(28)25-36(33)44/h3-25H,1-2H3. The highest BCUT2D eigenvalue weighted by atomic mass is 15.1. The van der Waals surface area contributed by atoms with Crippen molar-refractivity contribution in [3.63, 3.8) is 0 Å². The number of hydrogen-bond acceptors (Lipinski definition) is 2. The van der Waals surface area contributed by atoms with Crippen molar-refractivity contribution in [3.8, 4) is 39.5 Å². The zero-order valence-electron chi connectivity index (χ0n) is 24.6. The molecule has 3 heteroatoms. The molecule has 2 aromatic heterocycles. The first-order chi connectivity index (χ1) is 21.6. The van der Waals surface area contributed by atoms with Gasteiger partial charge < -0.3 is 0 Å². The van der Waals surface area contributed by atoms with Crippen LogP contribution >= 0.6 is 0 Å². The number of hydrogen-bond donors (Lipinski definition) is 0. The van der Waals surface area contributed by atoms with E-state index in [1.54, 1.807) is 0 Å². The highest BCUT2D eigenvalue weighted by Gasteiger charge is 2.39. The van der Waals surface area contributed by atoms with E-state index in [1.807, 2.05) is 0 Å². The molecule has 0 saturated carbocycles. The molecule has 1 aliphatic carbocycles. The average molecular weight is 564 g/mol. The monoisotopic (exact) mass is 563 g/mol. The molecule has 0 aliphatic heterocycles. The molecular formula is C41H29N3. The van der Waals surface area contributed by atoms with Crippen LogP contribution in [-0.4, -0.2) is 14.5 Å². The quantitative estimate of drug-likeness (QED) is 0.214. The molecule has 208 valence electrons. The van der Waals surface area contributed by atoms with Crippen molar-refractivity contribution < 1.29 is 0 Å². The van der Waals surface area contributed by atoms with Crippen LogP contribution in [0.1, 0.15) is 25.1 Å². The third-order valence-electron chi connectivity index (χ3n) is 9.32. The van der Waals surface area contributed by atoms with Gasteiger partial charge in [0.05, 0.1) is 22.4 Å². The summed E-state index contributed by atoms with van der Waals surface area (Å²) in [5, 5.41) is 4.86. The molecule has 0 spiro atoms. The highest BCUT2D eigenvalue weighted by molar-refractivity contribution is 6.13. The Bertz CT molecular complexity index is 2410. The second-order valence-corrected chi connectivity index (χ2v) is 12.3. The molecule has 0 fully saturated rings. The molecule has 9 rings (SSSR count). The van der Waals surface area contributed by atoms with Crippen molar-refractivity contribution in [2.75, 3.05) is 0 Å². The second kappa shape index (κ2) is 9.23. The minimum absolute atomic E-state index is 0.274. The Morgan fingerprint density at radius 2 is 1.18 bits per heavy atom. The molecule has 44 heavy (non-hydrogen) atoms. The number of para-hydroxylation sites is 1. The fourth-order valence-electron chi connectivity index (χ4n) is 7.12. The Morgan fingerprint density at radius 1 is 0.500 bits per heavy atom. The van der Waals surface area contributed by atoms with Gasteiger partial charge in [0.25, 0.3) is 0 Å². The molecule has 8 aromatic rings. The summed E-state index contributed by atoms with van der Waals surface area (Å²) in [5.74, 6) is 0.858. The zero-order valence-corrected chi connectivity index (χ0v) is 24.6. The van der Waals surface area contributed by atoms with Crippen molar-refractivity contribution in [2.24, 2.45) is 0 Å². The van der Waals surface area contributed by atoms with Crippen LogP contribution in [0.5, 0.6) is 0 Å². The minimum atomic E-state index is -0.274. The summed E-state index contributed by atoms with van der Waals surface area (Å²) in [6.45, 7) is 4.54. The molecule has 0 amide bonds. The summed E-state index contributed by atoms with van der Waals surface area (Å²) in [7, 11) is 0. The van der Waals surface area contributed by atoms with Gasteiger partial charge in [-0.2, -0.15) is 0 Å². The molecule has 0 saturated heterocycles. The van der Waals surface area contributed by atoms with Gasteiger partial charge in [0.2, 0.25) is 0 Å². The van der Waals surface area contributed by atoms with Crippen molar-refractivity contribution in [1.82, 2.24) is 14.5 Å². The van der Waals surface area contributed by atoms with Crippen LogP contribution in [-0.2, 0) is 5.41 Å². The van der Waals surface area contributed by atoms with Gasteiger partial charge in [-0.05, 0) is 51.7 Å². The van der Waals surface area contributed by atoms with E-state index in [9.17, 15) is 0 Å². The van der Waals surface area contributed by atoms with E-state index in [0.29, 0.717) is 0 Å². The third-order valence-corrected chi connectivity index (χ3v) is 9.32. The smallest absolute Gasteiger partial charge is 0.164 e. The van der Waals surface area contributed by atoms with E-state index in [-0.39, 0.29) is 5.41 Å². The van der Waals surface area contributed by atoms with E-state index in [4.69, 9.17) is 9.97 Å². The summed E-state index contributed by atoms with van der Waals surface area (Å²) in [6, 6.07) is 49.8. The van der Waals surface area contributed by atoms with Crippen molar-refractivity contribution in [3.05, 3.63) is 151 Å². The van der Waals surface area contributed by atoms with Crippen LogP contribution in [0.3, 0.4) is 0 Å². The van der Waals surface area contributed by atoms with Gasteiger partial charge in [-0.1, -0.05) is 129 Å². The van der Waals surface area contributed by atoms with Crippen LogP contribution in [0.15, 0.2) is 140 Å². The normalized spacial score (nSPS) is 13.4. The number of rotatable bonds is 3. The summed E-state index contributed by atoms with van der Waals surface area (Å²) in [5.41, 5.74) is 10.7. The lowest BCUT2D eigenvalue weighted by Gasteiger charge is -2.22. The molecule has 0 radical (unpaired) electrons. The SMILES string of the molecule is CC1(C)c2ccccc2-c2nc(-c3cccc(-c4ccccc4)c3)c(-n3c4ccccc4c4cc5ccccc5cc43)nc21. The van der Waals surface area contributed by atoms with Crippen LogP contribution in [0.25, 0.3) is 72.0 Å². The van der Waals surface area contributed by atoms with Gasteiger partial charge in [-0.3, -0.25) is 4.57 Å². The Hall–Kier alpha value is -5.54. The summed E-state index contributed by atoms with van der Waals surface area (Å²) in [4.78, 5) is 11.2. The van der Waals surface area contributed by atoms with Crippen LogP contribution in [0.2, 0.25) is 0 Å². The lowest BCUT2D eigenvalue weighted by atomic mass is 9.85. The zero-order chi connectivity index (χ0) is 29.4. The number of aromatic nitrogens is 3. The largest absolute Gasteiger partial charge is 0.292 e. The van der Waals surface area contributed by atoms with E-state index in [2.05, 4.69) is 158 Å². The lowest BCUT2D eigenvalue weighted by molar-refractivity contribution is 0.633. The first kappa shape index (κ1) is 25.0. The second-order valence-electron chi connectivity index (χ2n) is 12.3. The van der Waals surface area contributed by atoms with E-state index in [0.717, 1.165) is 45.1 Å². The lowest BCUT2D eigenvalue weighted by Crippen LogP contribution is -2.18. The first-order valence-electron chi connectivity index (χ1n) is 15.2. The third kappa shape index (κ3) is 3.56. The maximum Gasteiger partial charge on any atom is 0.164 e. The van der Waals surface area contributed by atoms with Crippen LogP contribution in [0.4, 0.5) is 0 Å². The summed E-state index contributed by atoms with van der Waals surface area (Å²) in [6.07, 6.45) is 0. The van der Waals surface area contributed by atoms with Crippen molar-refractivity contribution in [1.29, 1.82) is 0 Å². The predicted octanol–water partition coefficient (Wildman–Crippen LogP) is 10.4. The van der Waals surface area contributed by atoms with E-state index in [1.165, 1.54) is 38.2 Å². The Labute approximate surface area is 256 Å². The van der Waals surface area contributed by atoms with Gasteiger partial charge in [-0.15, -0.1) is 0 Å². The molecule has 2 heterocycles. The molecule has 0 unspecified atom stereocenters. The topological polar surface area (TPSA) is 30.7 Å². The fourth-order valence-corrected chi connectivity index (χ4v) is 7.12. The van der Waals surface area contributed by atoms with Gasteiger partial charge in [-0.25, -0.2) is 9.97 Å². The molecule has 3 nitrogen and oxygen atoms in total. The Kier molecular flexibility index (Phi) is 5.24. The van der Waals surface area contributed by atoms with E-state index < -0.39 is 0 Å². The summed E-state index contributed by atoms with van der Waals surface area (Å²) >= 11 is 0. The van der Waals surface area contributed by atoms with Gasteiger partial charge in [0.15, 0.2) is 5.82 Å². The van der Waals surface area contributed by atoms with Crippen LogP contribution < -0.4 is 0 Å². The number of fused-ring (bicyclic) bond motifs is 7. The van der Waals surface area contributed by atoms with E-state index >= 15 is 0 Å². The fraction of sp³-hybridized carbons (Fsp3) is 0.0732. The van der Waals surface area contributed by atoms with Gasteiger partial charge in [0.1, 0.15) is 5.69 Å². The molecule has 1 aliphatic rings. The average Bonchev–Trinajstić information content (AvgIpc) is 3.51. The number of nitrogens with zero attached hydrogens (tertiary/aromatic N) is 3. The van der Waals surface area contributed by atoms with Crippen molar-refractivity contribution >= 4 is 32.6 Å². The minimum Gasteiger partial charge on any atom is -0.292 e. The van der Waals surface area contributed by atoms with Gasteiger partial charge in [0, 0.05) is 27.3 Å².